The van der Waals surface area contributed by atoms with Gasteiger partial charge in [-0.1, -0.05) is 6.92 Å². The number of aromatic nitrogens is 1. The first kappa shape index (κ1) is 16.6. The van der Waals surface area contributed by atoms with Crippen molar-refractivity contribution in [1.29, 1.82) is 0 Å². The maximum absolute atomic E-state index is 11.6. The van der Waals surface area contributed by atoms with Gasteiger partial charge in [-0.2, -0.15) is 0 Å². The van der Waals surface area contributed by atoms with Gasteiger partial charge in [0.2, 0.25) is 0 Å². The van der Waals surface area contributed by atoms with E-state index < -0.39 is 15.1 Å². The van der Waals surface area contributed by atoms with E-state index in [4.69, 9.17) is 0 Å². The fourth-order valence-corrected chi connectivity index (χ4v) is 3.63. The lowest BCUT2D eigenvalue weighted by Crippen LogP contribution is -2.35. The van der Waals surface area contributed by atoms with Gasteiger partial charge in [0.15, 0.2) is 9.84 Å². The predicted octanol–water partition coefficient (Wildman–Crippen LogP) is 2.70. The minimum atomic E-state index is -3.08. The largest absolute Gasteiger partial charge is 0.307 e. The summed E-state index contributed by atoms with van der Waals surface area (Å²) in [6, 6.07) is 0. The second-order valence-electron chi connectivity index (χ2n) is 5.85. The first-order chi connectivity index (χ1) is 8.54. The monoisotopic (exact) mass is 304 g/mol. The van der Waals surface area contributed by atoms with Crippen molar-refractivity contribution < 1.29 is 8.42 Å². The van der Waals surface area contributed by atoms with E-state index in [0.717, 1.165) is 23.5 Å². The summed E-state index contributed by atoms with van der Waals surface area (Å²) in [5.74, 6) is 0. The molecule has 0 aliphatic carbocycles. The van der Waals surface area contributed by atoms with Crippen molar-refractivity contribution in [3.63, 3.8) is 0 Å². The van der Waals surface area contributed by atoms with Crippen LogP contribution in [0.2, 0.25) is 0 Å². The van der Waals surface area contributed by atoms with Crippen LogP contribution in [0, 0.1) is 0 Å². The van der Waals surface area contributed by atoms with Gasteiger partial charge in [0.25, 0.3) is 0 Å². The SMILES string of the molecule is CCc1nc(C(C)S(C)(=O)=O)sc1CNC(C)(C)C. The summed E-state index contributed by atoms with van der Waals surface area (Å²) >= 11 is 1.51. The van der Waals surface area contributed by atoms with Crippen molar-refractivity contribution in [3.05, 3.63) is 15.6 Å². The lowest BCUT2D eigenvalue weighted by Gasteiger charge is -2.20. The molecule has 0 spiro atoms. The molecule has 0 aliphatic heterocycles. The molecule has 0 fully saturated rings. The van der Waals surface area contributed by atoms with E-state index in [0.29, 0.717) is 5.01 Å². The van der Waals surface area contributed by atoms with Gasteiger partial charge < -0.3 is 5.32 Å². The molecule has 0 saturated heterocycles. The Kier molecular flexibility index (Phi) is 5.15. The molecular weight excluding hydrogens is 280 g/mol. The van der Waals surface area contributed by atoms with E-state index >= 15 is 0 Å². The van der Waals surface area contributed by atoms with E-state index in [-0.39, 0.29) is 5.54 Å². The number of hydrogen-bond acceptors (Lipinski definition) is 5. The molecule has 1 atom stereocenters. The molecule has 6 heteroatoms. The molecule has 1 heterocycles. The second kappa shape index (κ2) is 5.89. The third kappa shape index (κ3) is 4.85. The summed E-state index contributed by atoms with van der Waals surface area (Å²) in [6.45, 7) is 10.8. The molecule has 1 N–H and O–H groups in total. The second-order valence-corrected chi connectivity index (χ2v) is 9.33. The van der Waals surface area contributed by atoms with Gasteiger partial charge in [-0.05, 0) is 34.1 Å². The molecule has 1 unspecified atom stereocenters. The van der Waals surface area contributed by atoms with Crippen LogP contribution in [0.1, 0.15) is 55.4 Å². The zero-order valence-electron chi connectivity index (χ0n) is 12.6. The molecule has 19 heavy (non-hydrogen) atoms. The Morgan fingerprint density at radius 2 is 1.95 bits per heavy atom. The molecule has 110 valence electrons. The first-order valence-electron chi connectivity index (χ1n) is 6.47. The summed E-state index contributed by atoms with van der Waals surface area (Å²) in [6.07, 6.45) is 2.09. The molecule has 4 nitrogen and oxygen atoms in total. The van der Waals surface area contributed by atoms with Crippen LogP contribution < -0.4 is 5.32 Å². The topological polar surface area (TPSA) is 59.1 Å². The fraction of sp³-hybridized carbons (Fsp3) is 0.769. The zero-order valence-corrected chi connectivity index (χ0v) is 14.2. The summed E-state index contributed by atoms with van der Waals surface area (Å²) in [4.78, 5) is 5.64. The smallest absolute Gasteiger partial charge is 0.156 e. The summed E-state index contributed by atoms with van der Waals surface area (Å²) < 4.78 is 23.2. The Morgan fingerprint density at radius 3 is 2.37 bits per heavy atom. The van der Waals surface area contributed by atoms with Crippen molar-refractivity contribution in [2.24, 2.45) is 0 Å². The molecule has 0 saturated carbocycles. The van der Waals surface area contributed by atoms with Crippen LogP contribution in [0.5, 0.6) is 0 Å². The lowest BCUT2D eigenvalue weighted by molar-refractivity contribution is 0.425. The number of rotatable bonds is 5. The van der Waals surface area contributed by atoms with E-state index in [1.807, 2.05) is 6.92 Å². The number of aryl methyl sites for hydroxylation is 1. The van der Waals surface area contributed by atoms with Crippen LogP contribution in [-0.4, -0.2) is 25.2 Å². The Labute approximate surface area is 120 Å². The predicted molar refractivity (Wildman–Crippen MR) is 81.3 cm³/mol. The van der Waals surface area contributed by atoms with Gasteiger partial charge in [0.05, 0.1) is 5.69 Å². The Morgan fingerprint density at radius 1 is 1.37 bits per heavy atom. The van der Waals surface area contributed by atoms with Gasteiger partial charge in [-0.15, -0.1) is 11.3 Å². The van der Waals surface area contributed by atoms with E-state index in [9.17, 15) is 8.42 Å². The van der Waals surface area contributed by atoms with Crippen molar-refractivity contribution in [3.8, 4) is 0 Å². The highest BCUT2D eigenvalue weighted by Gasteiger charge is 2.23. The average molecular weight is 304 g/mol. The van der Waals surface area contributed by atoms with Crippen LogP contribution in [0.3, 0.4) is 0 Å². The molecular formula is C13H24N2O2S2. The number of nitrogens with one attached hydrogen (secondary N) is 1. The average Bonchev–Trinajstić information content (AvgIpc) is 2.66. The van der Waals surface area contributed by atoms with Crippen LogP contribution in [0.25, 0.3) is 0 Å². The first-order valence-corrected chi connectivity index (χ1v) is 9.24. The summed E-state index contributed by atoms with van der Waals surface area (Å²) in [5.41, 5.74) is 1.05. The third-order valence-electron chi connectivity index (χ3n) is 2.90. The number of hydrogen-bond donors (Lipinski definition) is 1. The number of thiazole rings is 1. The highest BCUT2D eigenvalue weighted by Crippen LogP contribution is 2.29. The standard InChI is InChI=1S/C13H24N2O2S2/c1-7-10-11(8-14-13(3,4)5)18-12(15-10)9(2)19(6,16)17/h9,14H,7-8H2,1-6H3. The number of nitrogens with zero attached hydrogens (tertiary/aromatic N) is 1. The van der Waals surface area contributed by atoms with Gasteiger partial charge in [-0.3, -0.25) is 0 Å². The minimum Gasteiger partial charge on any atom is -0.307 e. The zero-order chi connectivity index (χ0) is 14.8. The minimum absolute atomic E-state index is 0.0393. The van der Waals surface area contributed by atoms with Gasteiger partial charge >= 0.3 is 0 Å². The maximum Gasteiger partial charge on any atom is 0.156 e. The quantitative estimate of drug-likeness (QED) is 0.908. The molecule has 0 amide bonds. The third-order valence-corrected chi connectivity index (χ3v) is 5.84. The Balaban J connectivity index is 2.98. The van der Waals surface area contributed by atoms with Gasteiger partial charge in [0, 0.05) is 23.2 Å². The molecule has 0 aliphatic rings. The normalized spacial score (nSPS) is 14.6. The van der Waals surface area contributed by atoms with Crippen LogP contribution in [0.4, 0.5) is 0 Å². The Bertz CT molecular complexity index is 527. The van der Waals surface area contributed by atoms with Gasteiger partial charge in [-0.25, -0.2) is 13.4 Å². The molecule has 0 bridgehead atoms. The summed E-state index contributed by atoms with van der Waals surface area (Å²) in [5, 5.41) is 3.60. The van der Waals surface area contributed by atoms with Crippen molar-refractivity contribution in [2.75, 3.05) is 6.26 Å². The van der Waals surface area contributed by atoms with E-state index in [1.165, 1.54) is 17.6 Å². The molecule has 0 aromatic carbocycles. The lowest BCUT2D eigenvalue weighted by atomic mass is 10.1. The number of sulfone groups is 1. The van der Waals surface area contributed by atoms with Crippen molar-refractivity contribution in [1.82, 2.24) is 10.3 Å². The van der Waals surface area contributed by atoms with Crippen molar-refractivity contribution >= 4 is 21.2 Å². The molecule has 1 aromatic heterocycles. The maximum atomic E-state index is 11.6. The Hall–Kier alpha value is -0.460. The van der Waals surface area contributed by atoms with E-state index in [1.54, 1.807) is 6.92 Å². The highest BCUT2D eigenvalue weighted by molar-refractivity contribution is 7.91. The molecule has 1 rings (SSSR count). The summed E-state index contributed by atoms with van der Waals surface area (Å²) in [7, 11) is -3.08. The highest BCUT2D eigenvalue weighted by atomic mass is 32.2. The van der Waals surface area contributed by atoms with Crippen LogP contribution >= 0.6 is 11.3 Å². The fourth-order valence-electron chi connectivity index (χ4n) is 1.52. The van der Waals surface area contributed by atoms with Crippen LogP contribution in [0.15, 0.2) is 0 Å². The van der Waals surface area contributed by atoms with E-state index in [2.05, 4.69) is 31.1 Å². The molecule has 1 aromatic rings. The van der Waals surface area contributed by atoms with Crippen molar-refractivity contribution in [2.45, 2.75) is 58.4 Å². The van der Waals surface area contributed by atoms with Crippen LogP contribution in [-0.2, 0) is 22.8 Å². The van der Waals surface area contributed by atoms with Gasteiger partial charge in [0.1, 0.15) is 10.3 Å². The molecule has 0 radical (unpaired) electrons.